The summed E-state index contributed by atoms with van der Waals surface area (Å²) in [6.07, 6.45) is 5.21. The Morgan fingerprint density at radius 3 is 2.83 bits per heavy atom. The molecule has 1 fully saturated rings. The van der Waals surface area contributed by atoms with Gasteiger partial charge < -0.3 is 9.47 Å². The fraction of sp³-hybridized carbons (Fsp3) is 0.600. The maximum Gasteiger partial charge on any atom is 0.165 e. The van der Waals surface area contributed by atoms with Crippen LogP contribution in [0.1, 0.15) is 30.4 Å². The van der Waals surface area contributed by atoms with Gasteiger partial charge in [-0.3, -0.25) is 4.90 Å². The van der Waals surface area contributed by atoms with Crippen molar-refractivity contribution in [1.82, 2.24) is 4.90 Å². The summed E-state index contributed by atoms with van der Waals surface area (Å²) in [5.41, 5.74) is 2.77. The predicted octanol–water partition coefficient (Wildman–Crippen LogP) is 2.61. The highest BCUT2D eigenvalue weighted by Gasteiger charge is 2.30. The van der Waals surface area contributed by atoms with Crippen LogP contribution in [0.4, 0.5) is 0 Å². The zero-order chi connectivity index (χ0) is 12.5. The Labute approximate surface area is 109 Å². The van der Waals surface area contributed by atoms with E-state index in [1.807, 2.05) is 6.07 Å². The first-order chi connectivity index (χ1) is 8.83. The minimum atomic E-state index is 0.740. The molecule has 98 valence electrons. The summed E-state index contributed by atoms with van der Waals surface area (Å²) >= 11 is 0. The second-order valence-corrected chi connectivity index (χ2v) is 5.26. The molecule has 3 heteroatoms. The molecular weight excluding hydrogens is 226 g/mol. The van der Waals surface area contributed by atoms with Crippen molar-refractivity contribution in [2.24, 2.45) is 0 Å². The molecule has 0 saturated carbocycles. The van der Waals surface area contributed by atoms with Crippen molar-refractivity contribution in [3.05, 3.63) is 23.3 Å². The van der Waals surface area contributed by atoms with E-state index in [-0.39, 0.29) is 0 Å². The maximum atomic E-state index is 5.56. The molecule has 3 nitrogen and oxygen atoms in total. The van der Waals surface area contributed by atoms with Crippen molar-refractivity contribution in [3.63, 3.8) is 0 Å². The minimum absolute atomic E-state index is 0.740. The Balaban J connectivity index is 1.99. The van der Waals surface area contributed by atoms with Crippen LogP contribution in [0.15, 0.2) is 12.1 Å². The van der Waals surface area contributed by atoms with Crippen LogP contribution in [-0.4, -0.2) is 31.7 Å². The molecule has 0 N–H and O–H groups in total. The highest BCUT2D eigenvalue weighted by atomic mass is 16.5. The second-order valence-electron chi connectivity index (χ2n) is 5.26. The summed E-state index contributed by atoms with van der Waals surface area (Å²) in [7, 11) is 3.44. The Morgan fingerprint density at radius 2 is 2.06 bits per heavy atom. The van der Waals surface area contributed by atoms with E-state index in [1.165, 1.54) is 36.9 Å². The minimum Gasteiger partial charge on any atom is -0.493 e. The molecule has 0 aromatic heterocycles. The molecule has 1 aromatic carbocycles. The van der Waals surface area contributed by atoms with Crippen molar-refractivity contribution in [3.8, 4) is 11.5 Å². The molecule has 0 amide bonds. The van der Waals surface area contributed by atoms with E-state index >= 15 is 0 Å². The lowest BCUT2D eigenvalue weighted by Crippen LogP contribution is -2.43. The van der Waals surface area contributed by atoms with Crippen LogP contribution in [0.25, 0.3) is 0 Å². The topological polar surface area (TPSA) is 21.7 Å². The molecule has 1 atom stereocenters. The van der Waals surface area contributed by atoms with Gasteiger partial charge in [0.25, 0.3) is 0 Å². The zero-order valence-corrected chi connectivity index (χ0v) is 11.2. The molecule has 0 aliphatic carbocycles. The van der Waals surface area contributed by atoms with Crippen LogP contribution in [0, 0.1) is 0 Å². The quantitative estimate of drug-likeness (QED) is 0.802. The largest absolute Gasteiger partial charge is 0.493 e. The van der Waals surface area contributed by atoms with Crippen molar-refractivity contribution < 1.29 is 9.47 Å². The molecule has 18 heavy (non-hydrogen) atoms. The number of benzene rings is 1. The molecule has 0 spiro atoms. The van der Waals surface area contributed by atoms with Crippen molar-refractivity contribution in [2.45, 2.75) is 38.3 Å². The van der Waals surface area contributed by atoms with Gasteiger partial charge >= 0.3 is 0 Å². The summed E-state index contributed by atoms with van der Waals surface area (Å²) in [5, 5.41) is 0. The SMILES string of the molecule is COc1ccc2c(c1OC)CN1CCCCC1C2. The monoisotopic (exact) mass is 247 g/mol. The number of hydrogen-bond acceptors (Lipinski definition) is 3. The molecule has 1 unspecified atom stereocenters. The van der Waals surface area contributed by atoms with Gasteiger partial charge in [-0.15, -0.1) is 0 Å². The maximum absolute atomic E-state index is 5.56. The number of piperidine rings is 1. The van der Waals surface area contributed by atoms with Crippen molar-refractivity contribution in [2.75, 3.05) is 20.8 Å². The van der Waals surface area contributed by atoms with Gasteiger partial charge in [-0.25, -0.2) is 0 Å². The van der Waals surface area contributed by atoms with Gasteiger partial charge in [0.05, 0.1) is 14.2 Å². The molecule has 3 rings (SSSR count). The first kappa shape index (κ1) is 11.8. The zero-order valence-electron chi connectivity index (χ0n) is 11.2. The summed E-state index contributed by atoms with van der Waals surface area (Å²) in [6.45, 7) is 2.24. The van der Waals surface area contributed by atoms with E-state index in [0.29, 0.717) is 0 Å². The third-order valence-corrected chi connectivity index (χ3v) is 4.31. The van der Waals surface area contributed by atoms with Crippen LogP contribution in [0.2, 0.25) is 0 Å². The van der Waals surface area contributed by atoms with Gasteiger partial charge in [0.1, 0.15) is 0 Å². The summed E-state index contributed by atoms with van der Waals surface area (Å²) in [6, 6.07) is 4.99. The van der Waals surface area contributed by atoms with Crippen molar-refractivity contribution in [1.29, 1.82) is 0 Å². The molecule has 2 heterocycles. The number of methoxy groups -OCH3 is 2. The lowest BCUT2D eigenvalue weighted by atomic mass is 9.88. The number of rotatable bonds is 2. The van der Waals surface area contributed by atoms with Gasteiger partial charge in [0, 0.05) is 18.2 Å². The number of fused-ring (bicyclic) bond motifs is 2. The van der Waals surface area contributed by atoms with E-state index in [4.69, 9.17) is 9.47 Å². The molecule has 0 radical (unpaired) electrons. The smallest absolute Gasteiger partial charge is 0.165 e. The Hall–Kier alpha value is -1.22. The lowest BCUT2D eigenvalue weighted by Gasteiger charge is -2.40. The Kier molecular flexibility index (Phi) is 3.16. The van der Waals surface area contributed by atoms with Crippen LogP contribution in [0.5, 0.6) is 11.5 Å². The van der Waals surface area contributed by atoms with Gasteiger partial charge in [0.2, 0.25) is 0 Å². The predicted molar refractivity (Wildman–Crippen MR) is 71.3 cm³/mol. The highest BCUT2D eigenvalue weighted by Crippen LogP contribution is 2.39. The van der Waals surface area contributed by atoms with E-state index in [9.17, 15) is 0 Å². The van der Waals surface area contributed by atoms with Gasteiger partial charge in [-0.2, -0.15) is 0 Å². The molecule has 1 aromatic rings. The van der Waals surface area contributed by atoms with Crippen LogP contribution >= 0.6 is 0 Å². The number of hydrogen-bond donors (Lipinski definition) is 0. The molecule has 0 bridgehead atoms. The molecule has 1 saturated heterocycles. The third kappa shape index (κ3) is 1.87. The average molecular weight is 247 g/mol. The van der Waals surface area contributed by atoms with E-state index in [1.54, 1.807) is 14.2 Å². The Bertz CT molecular complexity index is 444. The van der Waals surface area contributed by atoms with E-state index < -0.39 is 0 Å². The van der Waals surface area contributed by atoms with Crippen LogP contribution < -0.4 is 9.47 Å². The normalized spacial score (nSPS) is 23.1. The highest BCUT2D eigenvalue weighted by molar-refractivity contribution is 5.52. The fourth-order valence-corrected chi connectivity index (χ4v) is 3.35. The fourth-order valence-electron chi connectivity index (χ4n) is 3.35. The third-order valence-electron chi connectivity index (χ3n) is 4.31. The molecule has 2 aliphatic heterocycles. The van der Waals surface area contributed by atoms with E-state index in [0.717, 1.165) is 30.5 Å². The van der Waals surface area contributed by atoms with Gasteiger partial charge in [-0.1, -0.05) is 12.5 Å². The Morgan fingerprint density at radius 1 is 1.17 bits per heavy atom. The number of ether oxygens (including phenoxy) is 2. The summed E-state index contributed by atoms with van der Waals surface area (Å²) in [4.78, 5) is 2.60. The van der Waals surface area contributed by atoms with Crippen LogP contribution in [0.3, 0.4) is 0 Å². The first-order valence-electron chi connectivity index (χ1n) is 6.80. The van der Waals surface area contributed by atoms with E-state index in [2.05, 4.69) is 11.0 Å². The molecule has 2 aliphatic rings. The summed E-state index contributed by atoms with van der Waals surface area (Å²) in [5.74, 6) is 1.78. The standard InChI is InChI=1S/C15H21NO2/c1-17-14-7-6-11-9-12-5-3-4-8-16(12)10-13(11)15(14)18-2/h6-7,12H,3-5,8-10H2,1-2H3. The van der Waals surface area contributed by atoms with Gasteiger partial charge in [0.15, 0.2) is 11.5 Å². The van der Waals surface area contributed by atoms with Crippen molar-refractivity contribution >= 4 is 0 Å². The van der Waals surface area contributed by atoms with Crippen LogP contribution in [-0.2, 0) is 13.0 Å². The second kappa shape index (κ2) is 4.81. The lowest BCUT2D eigenvalue weighted by molar-refractivity contribution is 0.125. The first-order valence-corrected chi connectivity index (χ1v) is 6.80. The van der Waals surface area contributed by atoms with Gasteiger partial charge in [-0.05, 0) is 37.4 Å². The average Bonchev–Trinajstić information content (AvgIpc) is 2.43. The number of nitrogens with zero attached hydrogens (tertiary/aromatic N) is 1. The summed E-state index contributed by atoms with van der Waals surface area (Å²) < 4.78 is 11.0. The molecular formula is C15H21NO2.